The van der Waals surface area contributed by atoms with Crippen LogP contribution in [-0.4, -0.2) is 83.0 Å². The Morgan fingerprint density at radius 1 is 1.00 bits per heavy atom. The lowest BCUT2D eigenvalue weighted by atomic mass is 9.84. The van der Waals surface area contributed by atoms with E-state index >= 15 is 0 Å². The Morgan fingerprint density at radius 2 is 1.73 bits per heavy atom. The molecule has 2 saturated heterocycles. The van der Waals surface area contributed by atoms with Crippen LogP contribution in [0.25, 0.3) is 5.65 Å². The standard InChI is InChI=1S/C30H34ClN7O3/c31-24-7-5-23(6-8-24)30(40)11-15-37(16-12-30)26-2-1-14-38-27(26)34-29(35-38)33-25-9-3-22(4-10-25)28(39)32-13-17-36-18-20-41-21-19-36/h1-10,14,40H,11-13,15-21H2,(H,32,39)(H,33,35). The summed E-state index contributed by atoms with van der Waals surface area (Å²) in [4.78, 5) is 21.9. The number of aliphatic hydroxyl groups is 1. The molecule has 41 heavy (non-hydrogen) atoms. The van der Waals surface area contributed by atoms with Gasteiger partial charge in [-0.1, -0.05) is 23.7 Å². The van der Waals surface area contributed by atoms with Gasteiger partial charge in [-0.2, -0.15) is 4.98 Å². The van der Waals surface area contributed by atoms with Crippen LogP contribution in [0, 0.1) is 0 Å². The van der Waals surface area contributed by atoms with Crippen molar-refractivity contribution in [2.24, 2.45) is 0 Å². The highest BCUT2D eigenvalue weighted by atomic mass is 35.5. The van der Waals surface area contributed by atoms with Crippen molar-refractivity contribution in [2.45, 2.75) is 18.4 Å². The average molecular weight is 576 g/mol. The summed E-state index contributed by atoms with van der Waals surface area (Å²) in [5.41, 5.74) is 3.12. The molecule has 6 rings (SSSR count). The van der Waals surface area contributed by atoms with Gasteiger partial charge in [-0.15, -0.1) is 5.10 Å². The number of piperidine rings is 1. The largest absolute Gasteiger partial charge is 0.385 e. The molecule has 2 aromatic heterocycles. The Balaban J connectivity index is 1.07. The second-order valence-corrected chi connectivity index (χ2v) is 11.0. The maximum absolute atomic E-state index is 12.6. The molecule has 0 bridgehead atoms. The van der Waals surface area contributed by atoms with Gasteiger partial charge in [0.05, 0.1) is 24.5 Å². The first-order valence-electron chi connectivity index (χ1n) is 14.0. The lowest BCUT2D eigenvalue weighted by Crippen LogP contribution is -2.42. The quantitative estimate of drug-likeness (QED) is 0.292. The molecular formula is C30H34ClN7O3. The monoisotopic (exact) mass is 575 g/mol. The fraction of sp³-hybridized carbons (Fsp3) is 0.367. The van der Waals surface area contributed by atoms with Gasteiger partial charge in [0.15, 0.2) is 5.65 Å². The Labute approximate surface area is 243 Å². The van der Waals surface area contributed by atoms with E-state index < -0.39 is 5.60 Å². The van der Waals surface area contributed by atoms with E-state index in [0.29, 0.717) is 49.0 Å². The molecule has 214 valence electrons. The highest BCUT2D eigenvalue weighted by Gasteiger charge is 2.34. The van der Waals surface area contributed by atoms with Gasteiger partial charge >= 0.3 is 0 Å². The van der Waals surface area contributed by atoms with Crippen LogP contribution in [-0.2, 0) is 10.3 Å². The van der Waals surface area contributed by atoms with Crippen LogP contribution in [0.5, 0.6) is 0 Å². The van der Waals surface area contributed by atoms with E-state index in [1.807, 2.05) is 54.7 Å². The van der Waals surface area contributed by atoms with Gasteiger partial charge in [0, 0.05) is 61.7 Å². The molecule has 4 heterocycles. The zero-order valence-electron chi connectivity index (χ0n) is 22.8. The molecule has 0 spiro atoms. The molecule has 0 aliphatic carbocycles. The number of morpholine rings is 1. The molecule has 1 amide bonds. The number of halogens is 1. The number of anilines is 3. The van der Waals surface area contributed by atoms with Crippen molar-refractivity contribution < 1.29 is 14.6 Å². The van der Waals surface area contributed by atoms with Crippen molar-refractivity contribution in [3.05, 3.63) is 83.0 Å². The SMILES string of the molecule is O=C(NCCN1CCOCC1)c1ccc(Nc2nc3c(N4CCC(O)(c5ccc(Cl)cc5)CC4)cccn3n2)cc1. The zero-order valence-corrected chi connectivity index (χ0v) is 23.6. The third-order valence-electron chi connectivity index (χ3n) is 7.88. The fourth-order valence-corrected chi connectivity index (χ4v) is 5.57. The second-order valence-electron chi connectivity index (χ2n) is 10.5. The first-order valence-corrected chi connectivity index (χ1v) is 14.4. The average Bonchev–Trinajstić information content (AvgIpc) is 3.41. The number of ether oxygens (including phenoxy) is 1. The molecular weight excluding hydrogens is 542 g/mol. The van der Waals surface area contributed by atoms with E-state index in [4.69, 9.17) is 21.3 Å². The van der Waals surface area contributed by atoms with E-state index in [9.17, 15) is 9.90 Å². The summed E-state index contributed by atoms with van der Waals surface area (Å²) in [5, 5.41) is 22.8. The van der Waals surface area contributed by atoms with Crippen molar-refractivity contribution in [1.82, 2.24) is 24.8 Å². The highest BCUT2D eigenvalue weighted by Crippen LogP contribution is 2.36. The Kier molecular flexibility index (Phi) is 8.06. The highest BCUT2D eigenvalue weighted by molar-refractivity contribution is 6.30. The van der Waals surface area contributed by atoms with Crippen LogP contribution in [0.3, 0.4) is 0 Å². The predicted octanol–water partition coefficient (Wildman–Crippen LogP) is 3.68. The molecule has 0 saturated carbocycles. The lowest BCUT2D eigenvalue weighted by molar-refractivity contribution is 0.0118. The van der Waals surface area contributed by atoms with Gasteiger partial charge in [0.25, 0.3) is 5.91 Å². The molecule has 2 aromatic carbocycles. The Bertz CT molecular complexity index is 1480. The number of carbonyl (C=O) groups is 1. The van der Waals surface area contributed by atoms with E-state index in [2.05, 4.69) is 25.5 Å². The van der Waals surface area contributed by atoms with Gasteiger partial charge in [0.2, 0.25) is 5.95 Å². The summed E-state index contributed by atoms with van der Waals surface area (Å²) in [5.74, 6) is 0.375. The topological polar surface area (TPSA) is 107 Å². The van der Waals surface area contributed by atoms with E-state index in [0.717, 1.165) is 55.4 Å². The number of amides is 1. The van der Waals surface area contributed by atoms with Crippen LogP contribution in [0.15, 0.2) is 66.9 Å². The molecule has 0 unspecified atom stereocenters. The minimum atomic E-state index is -0.877. The number of hydrogen-bond donors (Lipinski definition) is 3. The minimum Gasteiger partial charge on any atom is -0.385 e. The van der Waals surface area contributed by atoms with Crippen molar-refractivity contribution in [1.29, 1.82) is 0 Å². The third kappa shape index (κ3) is 6.31. The molecule has 10 nitrogen and oxygen atoms in total. The number of nitrogens with zero attached hydrogens (tertiary/aromatic N) is 5. The maximum Gasteiger partial charge on any atom is 0.251 e. The fourth-order valence-electron chi connectivity index (χ4n) is 5.45. The summed E-state index contributed by atoms with van der Waals surface area (Å²) < 4.78 is 7.12. The van der Waals surface area contributed by atoms with E-state index in [-0.39, 0.29) is 5.91 Å². The smallest absolute Gasteiger partial charge is 0.251 e. The second kappa shape index (κ2) is 12.0. The summed E-state index contributed by atoms with van der Waals surface area (Å²) in [6, 6.07) is 18.7. The number of nitrogens with one attached hydrogen (secondary N) is 2. The summed E-state index contributed by atoms with van der Waals surface area (Å²) >= 11 is 6.04. The number of pyridine rings is 1. The first kappa shape index (κ1) is 27.5. The van der Waals surface area contributed by atoms with E-state index in [1.54, 1.807) is 16.6 Å². The number of carbonyl (C=O) groups excluding carboxylic acids is 1. The van der Waals surface area contributed by atoms with E-state index in [1.165, 1.54) is 0 Å². The normalized spacial score (nSPS) is 17.5. The Morgan fingerprint density at radius 3 is 2.46 bits per heavy atom. The summed E-state index contributed by atoms with van der Waals surface area (Å²) in [6.07, 6.45) is 3.07. The molecule has 2 fully saturated rings. The number of benzene rings is 2. The number of aromatic nitrogens is 3. The van der Waals surface area contributed by atoms with Crippen LogP contribution >= 0.6 is 11.6 Å². The van der Waals surface area contributed by atoms with Crippen LogP contribution in [0.2, 0.25) is 5.02 Å². The van der Waals surface area contributed by atoms with Crippen molar-refractivity contribution in [3.63, 3.8) is 0 Å². The summed E-state index contributed by atoms with van der Waals surface area (Å²) in [7, 11) is 0. The molecule has 3 N–H and O–H groups in total. The molecule has 0 atom stereocenters. The maximum atomic E-state index is 12.6. The number of fused-ring (bicyclic) bond motifs is 1. The molecule has 2 aliphatic rings. The Hall–Kier alpha value is -3.70. The van der Waals surface area contributed by atoms with Crippen LogP contribution < -0.4 is 15.5 Å². The van der Waals surface area contributed by atoms with Gasteiger partial charge in [0.1, 0.15) is 0 Å². The zero-order chi connectivity index (χ0) is 28.2. The molecule has 4 aromatic rings. The summed E-state index contributed by atoms with van der Waals surface area (Å²) in [6.45, 7) is 6.09. The lowest BCUT2D eigenvalue weighted by Gasteiger charge is -2.39. The van der Waals surface area contributed by atoms with Gasteiger partial charge in [-0.25, -0.2) is 4.52 Å². The third-order valence-corrected chi connectivity index (χ3v) is 8.13. The van der Waals surface area contributed by atoms with Crippen molar-refractivity contribution in [2.75, 3.05) is 62.7 Å². The van der Waals surface area contributed by atoms with Gasteiger partial charge in [-0.3, -0.25) is 9.69 Å². The first-order chi connectivity index (χ1) is 20.0. The van der Waals surface area contributed by atoms with Gasteiger partial charge in [-0.05, 0) is 66.9 Å². The molecule has 11 heteroatoms. The molecule has 0 radical (unpaired) electrons. The molecule has 2 aliphatic heterocycles. The number of hydrogen-bond acceptors (Lipinski definition) is 8. The van der Waals surface area contributed by atoms with Crippen molar-refractivity contribution in [3.8, 4) is 0 Å². The van der Waals surface area contributed by atoms with Gasteiger partial charge < -0.3 is 25.4 Å². The minimum absolute atomic E-state index is 0.0928. The van der Waals surface area contributed by atoms with Crippen molar-refractivity contribution >= 4 is 40.5 Å². The van der Waals surface area contributed by atoms with Crippen LogP contribution in [0.1, 0.15) is 28.8 Å². The van der Waals surface area contributed by atoms with Crippen LogP contribution in [0.4, 0.5) is 17.3 Å². The predicted molar refractivity (Wildman–Crippen MR) is 159 cm³/mol. The number of rotatable bonds is 8.